The Morgan fingerprint density at radius 1 is 1.18 bits per heavy atom. The van der Waals surface area contributed by atoms with Crippen LogP contribution in [-0.4, -0.2) is 37.4 Å². The molecule has 0 radical (unpaired) electrons. The molecule has 2 aromatic heterocycles. The van der Waals surface area contributed by atoms with Crippen LogP contribution in [0.5, 0.6) is 0 Å². The van der Waals surface area contributed by atoms with Gasteiger partial charge in [0, 0.05) is 17.3 Å². The molecular formula is C25H21N5O3. The number of carbonyl (C=O) groups excluding carboxylic acids is 1. The predicted octanol–water partition coefficient (Wildman–Crippen LogP) is 4.41. The molecule has 0 amide bonds. The van der Waals surface area contributed by atoms with Crippen LogP contribution in [-0.2, 0) is 9.53 Å². The number of aliphatic hydroxyl groups is 1. The molecule has 2 heterocycles. The number of aryl methyl sites for hydroxylation is 1. The molecule has 0 fully saturated rings. The van der Waals surface area contributed by atoms with E-state index in [1.807, 2.05) is 68.4 Å². The summed E-state index contributed by atoms with van der Waals surface area (Å²) in [5.41, 5.74) is 4.67. The second-order valence-corrected chi connectivity index (χ2v) is 7.31. The number of aromatic amines is 1. The highest BCUT2D eigenvalue weighted by molar-refractivity contribution is 5.88. The topological polar surface area (TPSA) is 117 Å². The zero-order valence-corrected chi connectivity index (χ0v) is 18.1. The lowest BCUT2D eigenvalue weighted by molar-refractivity contribution is -0.137. The maximum absolute atomic E-state index is 12.2. The van der Waals surface area contributed by atoms with Crippen LogP contribution in [0.15, 0.2) is 66.4 Å². The number of ether oxygens (including phenoxy) is 1. The fourth-order valence-corrected chi connectivity index (χ4v) is 3.45. The summed E-state index contributed by atoms with van der Waals surface area (Å²) in [6.07, 6.45) is 2.90. The average Bonchev–Trinajstić information content (AvgIpc) is 3.37. The molecule has 0 bridgehead atoms. The number of fused-ring (bicyclic) bond motifs is 1. The van der Waals surface area contributed by atoms with Gasteiger partial charge in [-0.25, -0.2) is 14.5 Å². The van der Waals surface area contributed by atoms with Gasteiger partial charge >= 0.3 is 5.97 Å². The molecule has 4 rings (SSSR count). The van der Waals surface area contributed by atoms with Crippen LogP contribution in [0.3, 0.4) is 0 Å². The Labute approximate surface area is 190 Å². The van der Waals surface area contributed by atoms with Crippen molar-refractivity contribution in [3.63, 3.8) is 0 Å². The summed E-state index contributed by atoms with van der Waals surface area (Å²) in [5, 5.41) is 24.3. The van der Waals surface area contributed by atoms with E-state index in [4.69, 9.17) is 4.74 Å². The van der Waals surface area contributed by atoms with Gasteiger partial charge in [0.15, 0.2) is 11.6 Å². The molecule has 33 heavy (non-hydrogen) atoms. The quantitative estimate of drug-likeness (QED) is 0.199. The second kappa shape index (κ2) is 9.24. The van der Waals surface area contributed by atoms with Crippen LogP contribution in [0.2, 0.25) is 0 Å². The summed E-state index contributed by atoms with van der Waals surface area (Å²) in [7, 11) is 0. The van der Waals surface area contributed by atoms with Crippen molar-refractivity contribution in [3.05, 3.63) is 89.2 Å². The third kappa shape index (κ3) is 4.52. The van der Waals surface area contributed by atoms with Gasteiger partial charge in [-0.05, 0) is 44.2 Å². The number of aromatic nitrogens is 4. The highest BCUT2D eigenvalue weighted by Crippen LogP contribution is 2.20. The Kier molecular flexibility index (Phi) is 6.04. The highest BCUT2D eigenvalue weighted by atomic mass is 16.5. The number of carbonyl (C=O) groups is 1. The summed E-state index contributed by atoms with van der Waals surface area (Å²) >= 11 is 0. The van der Waals surface area contributed by atoms with E-state index in [9.17, 15) is 15.2 Å². The summed E-state index contributed by atoms with van der Waals surface area (Å²) in [6.45, 7) is 3.32. The summed E-state index contributed by atoms with van der Waals surface area (Å²) in [4.78, 5) is 19.5. The minimum absolute atomic E-state index is 0.0844. The fraction of sp³-hybridized carbons (Fsp3) is 0.120. The molecule has 0 aliphatic carbocycles. The molecule has 0 aliphatic heterocycles. The van der Waals surface area contributed by atoms with Gasteiger partial charge in [-0.3, -0.25) is 0 Å². The maximum Gasteiger partial charge on any atom is 0.331 e. The molecule has 0 saturated carbocycles. The number of rotatable bonds is 6. The molecule has 8 heteroatoms. The first-order chi connectivity index (χ1) is 16.0. The summed E-state index contributed by atoms with van der Waals surface area (Å²) < 4.78 is 6.93. The van der Waals surface area contributed by atoms with Crippen LogP contribution in [0, 0.1) is 25.2 Å². The highest BCUT2D eigenvalue weighted by Gasteiger charge is 2.15. The largest absolute Gasteiger partial charge is 0.507 e. The van der Waals surface area contributed by atoms with Crippen molar-refractivity contribution >= 4 is 28.7 Å². The Hall–Kier alpha value is -4.64. The van der Waals surface area contributed by atoms with Crippen molar-refractivity contribution in [2.45, 2.75) is 13.8 Å². The summed E-state index contributed by atoms with van der Waals surface area (Å²) in [5.74, 6) is -0.834. The SMILES string of the molecule is Cc1nn(-c2ccccc2)c(C)c1/C=C/C(=O)OC/C(O)=C(\C#N)c1nc2ccccc2[nH]1. The number of nitriles is 1. The lowest BCUT2D eigenvalue weighted by Gasteiger charge is -2.04. The van der Waals surface area contributed by atoms with Gasteiger partial charge in [-0.2, -0.15) is 10.4 Å². The van der Waals surface area contributed by atoms with Crippen molar-refractivity contribution in [2.24, 2.45) is 0 Å². The first kappa shape index (κ1) is 21.6. The molecule has 0 aliphatic rings. The zero-order valence-electron chi connectivity index (χ0n) is 18.1. The van der Waals surface area contributed by atoms with Gasteiger partial charge in [-0.1, -0.05) is 30.3 Å². The van der Waals surface area contributed by atoms with E-state index in [1.54, 1.807) is 16.8 Å². The smallest absolute Gasteiger partial charge is 0.331 e. The Morgan fingerprint density at radius 3 is 2.64 bits per heavy atom. The van der Waals surface area contributed by atoms with Gasteiger partial charge in [-0.15, -0.1) is 0 Å². The monoisotopic (exact) mass is 439 g/mol. The van der Waals surface area contributed by atoms with E-state index >= 15 is 0 Å². The molecule has 4 aromatic rings. The minimum Gasteiger partial charge on any atom is -0.507 e. The lowest BCUT2D eigenvalue weighted by Crippen LogP contribution is -2.06. The molecular weight excluding hydrogens is 418 g/mol. The molecule has 2 N–H and O–H groups in total. The average molecular weight is 439 g/mol. The third-order valence-electron chi connectivity index (χ3n) is 5.11. The number of benzene rings is 2. The molecule has 0 atom stereocenters. The number of nitrogens with one attached hydrogen (secondary N) is 1. The third-order valence-corrected chi connectivity index (χ3v) is 5.11. The molecule has 8 nitrogen and oxygen atoms in total. The number of H-pyrrole nitrogens is 1. The molecule has 0 unspecified atom stereocenters. The Morgan fingerprint density at radius 2 is 1.91 bits per heavy atom. The van der Waals surface area contributed by atoms with Crippen molar-refractivity contribution < 1.29 is 14.6 Å². The minimum atomic E-state index is -0.658. The number of hydrogen-bond acceptors (Lipinski definition) is 6. The van der Waals surface area contributed by atoms with Crippen molar-refractivity contribution in [3.8, 4) is 11.8 Å². The fourth-order valence-electron chi connectivity index (χ4n) is 3.45. The van der Waals surface area contributed by atoms with E-state index in [1.165, 1.54) is 6.08 Å². The van der Waals surface area contributed by atoms with Crippen LogP contribution in [0.4, 0.5) is 0 Å². The van der Waals surface area contributed by atoms with Gasteiger partial charge in [0.05, 0.1) is 22.4 Å². The number of hydrogen-bond donors (Lipinski definition) is 2. The van der Waals surface area contributed by atoms with Gasteiger partial charge in [0.1, 0.15) is 18.2 Å². The van der Waals surface area contributed by atoms with Crippen LogP contribution < -0.4 is 0 Å². The zero-order chi connectivity index (χ0) is 23.4. The molecule has 164 valence electrons. The molecule has 0 saturated heterocycles. The van der Waals surface area contributed by atoms with E-state index in [0.717, 1.165) is 28.2 Å². The predicted molar refractivity (Wildman–Crippen MR) is 124 cm³/mol. The first-order valence-corrected chi connectivity index (χ1v) is 10.2. The van der Waals surface area contributed by atoms with Crippen molar-refractivity contribution in [1.29, 1.82) is 5.26 Å². The number of allylic oxidation sites excluding steroid dienone is 1. The normalized spacial score (nSPS) is 12.0. The number of aliphatic hydroxyl groups excluding tert-OH is 1. The van der Waals surface area contributed by atoms with Gasteiger partial charge in [0.25, 0.3) is 0 Å². The number of esters is 1. The molecule has 2 aromatic carbocycles. The maximum atomic E-state index is 12.2. The van der Waals surface area contributed by atoms with E-state index < -0.39 is 12.6 Å². The number of imidazole rings is 1. The number of nitrogens with zero attached hydrogens (tertiary/aromatic N) is 4. The second-order valence-electron chi connectivity index (χ2n) is 7.31. The van der Waals surface area contributed by atoms with Gasteiger partial charge < -0.3 is 14.8 Å². The summed E-state index contributed by atoms with van der Waals surface area (Å²) in [6, 6.07) is 18.9. The standard InChI is InChI=1S/C25H21N5O3/c1-16-19(17(2)30(29-16)18-8-4-3-5-9-18)12-13-24(32)33-15-23(31)20(14-26)25-27-21-10-6-7-11-22(21)28-25/h3-13,31H,15H2,1-2H3,(H,27,28)/b13-12+,23-20-. The van der Waals surface area contributed by atoms with Crippen molar-refractivity contribution in [1.82, 2.24) is 19.7 Å². The van der Waals surface area contributed by atoms with E-state index in [0.29, 0.717) is 5.52 Å². The van der Waals surface area contributed by atoms with E-state index in [2.05, 4.69) is 15.1 Å². The van der Waals surface area contributed by atoms with E-state index in [-0.39, 0.29) is 17.2 Å². The van der Waals surface area contributed by atoms with Crippen molar-refractivity contribution in [2.75, 3.05) is 6.61 Å². The first-order valence-electron chi connectivity index (χ1n) is 10.2. The Balaban J connectivity index is 1.47. The van der Waals surface area contributed by atoms with Crippen LogP contribution in [0.1, 0.15) is 22.8 Å². The van der Waals surface area contributed by atoms with Crippen LogP contribution in [0.25, 0.3) is 28.4 Å². The Bertz CT molecular complexity index is 1390. The van der Waals surface area contributed by atoms with Crippen LogP contribution >= 0.6 is 0 Å². The number of para-hydroxylation sites is 3. The lowest BCUT2D eigenvalue weighted by atomic mass is 10.2. The molecule has 0 spiro atoms. The van der Waals surface area contributed by atoms with Gasteiger partial charge in [0.2, 0.25) is 0 Å².